The number of nitrogens with one attached hydrogen (secondary N) is 3. The lowest BCUT2D eigenvalue weighted by molar-refractivity contribution is -0.126. The summed E-state index contributed by atoms with van der Waals surface area (Å²) in [5.41, 5.74) is 2.10. The van der Waals surface area contributed by atoms with E-state index < -0.39 is 18.0 Å². The SMILES string of the molecule is COc1ccc(N2C(=O)N[C@@H](CC(=O)N[C@@H](C)c3nc4ccccc4[nH]3)C2=O)cc1. The van der Waals surface area contributed by atoms with Gasteiger partial charge in [0.1, 0.15) is 17.6 Å². The van der Waals surface area contributed by atoms with E-state index in [0.29, 0.717) is 17.3 Å². The van der Waals surface area contributed by atoms with E-state index in [2.05, 4.69) is 20.6 Å². The molecule has 2 heterocycles. The van der Waals surface area contributed by atoms with E-state index in [1.165, 1.54) is 7.11 Å². The molecule has 0 spiro atoms. The summed E-state index contributed by atoms with van der Waals surface area (Å²) in [6.07, 6.45) is -0.165. The second-order valence-electron chi connectivity index (χ2n) is 7.01. The smallest absolute Gasteiger partial charge is 0.329 e. The van der Waals surface area contributed by atoms with Crippen LogP contribution < -0.4 is 20.3 Å². The molecule has 2 atom stereocenters. The molecular formula is C21H21N5O4. The Morgan fingerprint density at radius 1 is 1.20 bits per heavy atom. The highest BCUT2D eigenvalue weighted by Gasteiger charge is 2.40. The number of methoxy groups -OCH3 is 1. The van der Waals surface area contributed by atoms with E-state index >= 15 is 0 Å². The molecule has 1 fully saturated rings. The molecule has 2 aromatic carbocycles. The molecule has 3 N–H and O–H groups in total. The number of H-pyrrole nitrogens is 1. The Kier molecular flexibility index (Phi) is 5.09. The van der Waals surface area contributed by atoms with Crippen LogP contribution in [0.15, 0.2) is 48.5 Å². The van der Waals surface area contributed by atoms with E-state index in [0.717, 1.165) is 15.9 Å². The zero-order valence-corrected chi connectivity index (χ0v) is 16.5. The molecule has 9 nitrogen and oxygen atoms in total. The molecule has 154 valence electrons. The van der Waals surface area contributed by atoms with Gasteiger partial charge in [0.15, 0.2) is 0 Å². The largest absolute Gasteiger partial charge is 0.497 e. The predicted octanol–water partition coefficient (Wildman–Crippen LogP) is 2.26. The molecule has 30 heavy (non-hydrogen) atoms. The van der Waals surface area contributed by atoms with Crippen molar-refractivity contribution in [3.8, 4) is 5.75 Å². The first-order valence-electron chi connectivity index (χ1n) is 9.49. The van der Waals surface area contributed by atoms with E-state index in [1.807, 2.05) is 24.3 Å². The Labute approximate surface area is 172 Å². The summed E-state index contributed by atoms with van der Waals surface area (Å²) < 4.78 is 5.09. The van der Waals surface area contributed by atoms with E-state index in [1.54, 1.807) is 31.2 Å². The van der Waals surface area contributed by atoms with Gasteiger partial charge in [-0.3, -0.25) is 9.59 Å². The van der Waals surface area contributed by atoms with Crippen LogP contribution >= 0.6 is 0 Å². The molecule has 0 radical (unpaired) electrons. The highest BCUT2D eigenvalue weighted by atomic mass is 16.5. The second-order valence-corrected chi connectivity index (χ2v) is 7.01. The summed E-state index contributed by atoms with van der Waals surface area (Å²) in [6.45, 7) is 1.80. The van der Waals surface area contributed by atoms with Crippen molar-refractivity contribution in [3.05, 3.63) is 54.4 Å². The van der Waals surface area contributed by atoms with Gasteiger partial charge in [-0.1, -0.05) is 12.1 Å². The van der Waals surface area contributed by atoms with Gasteiger partial charge < -0.3 is 20.4 Å². The van der Waals surface area contributed by atoms with E-state index in [-0.39, 0.29) is 18.4 Å². The van der Waals surface area contributed by atoms with Gasteiger partial charge in [-0.15, -0.1) is 0 Å². The summed E-state index contributed by atoms with van der Waals surface area (Å²) in [5.74, 6) is 0.391. The number of hydrogen-bond donors (Lipinski definition) is 3. The maximum Gasteiger partial charge on any atom is 0.329 e. The minimum Gasteiger partial charge on any atom is -0.497 e. The number of benzene rings is 2. The van der Waals surface area contributed by atoms with Crippen molar-refractivity contribution in [1.82, 2.24) is 20.6 Å². The topological polar surface area (TPSA) is 116 Å². The fraction of sp³-hybridized carbons (Fsp3) is 0.238. The van der Waals surface area contributed by atoms with Gasteiger partial charge in [0, 0.05) is 0 Å². The minimum atomic E-state index is -0.928. The number of urea groups is 1. The molecule has 1 saturated heterocycles. The van der Waals surface area contributed by atoms with Crippen molar-refractivity contribution in [2.24, 2.45) is 0 Å². The average Bonchev–Trinajstić information content (AvgIpc) is 3.29. The van der Waals surface area contributed by atoms with Crippen molar-refractivity contribution in [2.45, 2.75) is 25.4 Å². The Balaban J connectivity index is 1.40. The number of carbonyl (C=O) groups is 3. The molecular weight excluding hydrogens is 386 g/mol. The second kappa shape index (κ2) is 7.86. The fourth-order valence-electron chi connectivity index (χ4n) is 3.38. The zero-order valence-electron chi connectivity index (χ0n) is 16.5. The van der Waals surface area contributed by atoms with Crippen molar-refractivity contribution < 1.29 is 19.1 Å². The third-order valence-electron chi connectivity index (χ3n) is 4.93. The summed E-state index contributed by atoms with van der Waals surface area (Å²) >= 11 is 0. The number of anilines is 1. The van der Waals surface area contributed by atoms with Crippen molar-refractivity contribution >= 4 is 34.6 Å². The molecule has 4 amide bonds. The highest BCUT2D eigenvalue weighted by Crippen LogP contribution is 2.23. The predicted molar refractivity (Wildman–Crippen MR) is 110 cm³/mol. The Morgan fingerprint density at radius 3 is 2.63 bits per heavy atom. The fourth-order valence-corrected chi connectivity index (χ4v) is 3.38. The number of hydrogen-bond acceptors (Lipinski definition) is 5. The third-order valence-corrected chi connectivity index (χ3v) is 4.93. The van der Waals surface area contributed by atoms with Crippen LogP contribution in [-0.4, -0.2) is 41.0 Å². The molecule has 4 rings (SSSR count). The lowest BCUT2D eigenvalue weighted by atomic mass is 10.1. The lowest BCUT2D eigenvalue weighted by Crippen LogP contribution is -2.37. The number of fused-ring (bicyclic) bond motifs is 1. The zero-order chi connectivity index (χ0) is 21.3. The van der Waals surface area contributed by atoms with Crippen molar-refractivity contribution in [2.75, 3.05) is 12.0 Å². The molecule has 1 aromatic heterocycles. The first kappa shape index (κ1) is 19.4. The number of nitrogens with zero attached hydrogens (tertiary/aromatic N) is 2. The van der Waals surface area contributed by atoms with Crippen molar-refractivity contribution in [1.29, 1.82) is 0 Å². The van der Waals surface area contributed by atoms with Crippen LogP contribution in [-0.2, 0) is 9.59 Å². The Bertz CT molecular complexity index is 1080. The quantitative estimate of drug-likeness (QED) is 0.542. The molecule has 0 saturated carbocycles. The van der Waals surface area contributed by atoms with Crippen LogP contribution in [0.2, 0.25) is 0 Å². The number of carbonyl (C=O) groups excluding carboxylic acids is 3. The van der Waals surface area contributed by atoms with Gasteiger partial charge in [0.05, 0.1) is 36.3 Å². The minimum absolute atomic E-state index is 0.165. The first-order chi connectivity index (χ1) is 14.5. The van der Waals surface area contributed by atoms with Crippen LogP contribution in [0.5, 0.6) is 5.75 Å². The number of aromatic nitrogens is 2. The van der Waals surface area contributed by atoms with Gasteiger partial charge in [-0.25, -0.2) is 14.7 Å². The van der Waals surface area contributed by atoms with Crippen molar-refractivity contribution in [3.63, 3.8) is 0 Å². The summed E-state index contributed by atoms with van der Waals surface area (Å²) in [5, 5.41) is 5.39. The number of aromatic amines is 1. The molecule has 1 aliphatic rings. The summed E-state index contributed by atoms with van der Waals surface area (Å²) in [4.78, 5) is 46.1. The van der Waals surface area contributed by atoms with Crippen LogP contribution in [0, 0.1) is 0 Å². The monoisotopic (exact) mass is 407 g/mol. The number of para-hydroxylation sites is 2. The van der Waals surface area contributed by atoms with Gasteiger partial charge in [-0.05, 0) is 43.3 Å². The maximum atomic E-state index is 12.7. The molecule has 0 bridgehead atoms. The molecule has 1 aliphatic heterocycles. The lowest BCUT2D eigenvalue weighted by Gasteiger charge is -2.14. The van der Waals surface area contributed by atoms with Crippen LogP contribution in [0.25, 0.3) is 11.0 Å². The number of ether oxygens (including phenoxy) is 1. The highest BCUT2D eigenvalue weighted by molar-refractivity contribution is 6.22. The number of amides is 4. The molecule has 0 aliphatic carbocycles. The summed E-state index contributed by atoms with van der Waals surface area (Å²) in [7, 11) is 1.53. The first-order valence-corrected chi connectivity index (χ1v) is 9.49. The van der Waals surface area contributed by atoms with E-state index in [4.69, 9.17) is 4.74 Å². The molecule has 9 heteroatoms. The van der Waals surface area contributed by atoms with Crippen LogP contribution in [0.4, 0.5) is 10.5 Å². The van der Waals surface area contributed by atoms with Gasteiger partial charge >= 0.3 is 6.03 Å². The van der Waals surface area contributed by atoms with Gasteiger partial charge in [0.2, 0.25) is 5.91 Å². The number of imidazole rings is 1. The number of imide groups is 1. The van der Waals surface area contributed by atoms with Crippen LogP contribution in [0.1, 0.15) is 25.2 Å². The number of rotatable bonds is 6. The molecule has 3 aromatic rings. The van der Waals surface area contributed by atoms with Gasteiger partial charge in [-0.2, -0.15) is 0 Å². The standard InChI is InChI=1S/C21H21N5O4/c1-12(19-23-15-5-3-4-6-16(15)24-19)22-18(27)11-17-20(28)26(21(29)25-17)13-7-9-14(30-2)10-8-13/h3-10,12,17H,11H2,1-2H3,(H,22,27)(H,23,24)(H,25,29)/t12-,17-/m0/s1. The van der Waals surface area contributed by atoms with Gasteiger partial charge in [0.25, 0.3) is 5.91 Å². The Morgan fingerprint density at radius 2 is 1.93 bits per heavy atom. The summed E-state index contributed by atoms with van der Waals surface area (Å²) in [6, 6.07) is 12.2. The average molecular weight is 407 g/mol. The Hall–Kier alpha value is -3.88. The normalized spacial score (nSPS) is 17.1. The van der Waals surface area contributed by atoms with Crippen LogP contribution in [0.3, 0.4) is 0 Å². The third kappa shape index (κ3) is 3.69. The maximum absolute atomic E-state index is 12.7. The molecule has 0 unspecified atom stereocenters. The van der Waals surface area contributed by atoms with E-state index in [9.17, 15) is 14.4 Å².